The topological polar surface area (TPSA) is 925 Å². The molecule has 0 radical (unpaired) electrons. The highest BCUT2D eigenvalue weighted by atomic mass is 16.8. The van der Waals surface area contributed by atoms with E-state index >= 15 is 0 Å². The lowest BCUT2D eigenvalue weighted by molar-refractivity contribution is -0.401. The first-order chi connectivity index (χ1) is 62.3. The molecule has 0 aromatic carbocycles. The number of carbonyl (C=O) groups excluding carboxylic acids is 5. The summed E-state index contributed by atoms with van der Waals surface area (Å²) >= 11 is 0. The molecule has 0 saturated carbocycles. The van der Waals surface area contributed by atoms with Crippen molar-refractivity contribution in [1.29, 1.82) is 0 Å². The van der Waals surface area contributed by atoms with Crippen LogP contribution in [-0.4, -0.2) is 562 Å². The Labute approximate surface area is 746 Å². The Morgan fingerprint density at radius 3 is 1.02 bits per heavy atom. The quantitative estimate of drug-likeness (QED) is 0.0277. The predicted octanol–water partition coefficient (Wildman–Crippen LogP) is -22.9. The van der Waals surface area contributed by atoms with E-state index in [1.807, 2.05) is 0 Å². The van der Waals surface area contributed by atoms with Gasteiger partial charge in [0.2, 0.25) is 29.5 Å². The molecule has 0 aliphatic carbocycles. The fourth-order valence-electron chi connectivity index (χ4n) is 17.0. The molecule has 10 aliphatic rings. The molecule has 132 heavy (non-hydrogen) atoms. The molecular weight excluding hydrogens is 1810 g/mol. The highest BCUT2D eigenvalue weighted by Crippen LogP contribution is 2.43. The highest BCUT2D eigenvalue weighted by molar-refractivity contribution is 5.77. The van der Waals surface area contributed by atoms with Crippen LogP contribution in [0.5, 0.6) is 0 Å². The van der Waals surface area contributed by atoms with Crippen molar-refractivity contribution >= 4 is 35.5 Å². The number of aliphatic hydroxyl groups is 28. The summed E-state index contributed by atoms with van der Waals surface area (Å²) in [6.07, 6.45) is -100. The number of carboxylic acid groups (broad SMARTS) is 1. The molecule has 762 valence electrons. The van der Waals surface area contributed by atoms with Crippen molar-refractivity contribution < 1.29 is 267 Å². The van der Waals surface area contributed by atoms with E-state index in [-0.39, 0.29) is 0 Å². The maximum Gasteiger partial charge on any atom is 0.364 e. The molecule has 10 rings (SSSR count). The van der Waals surface area contributed by atoms with Crippen molar-refractivity contribution in [2.45, 2.75) is 353 Å². The normalized spacial score (nSPS) is 47.2. The molecule has 34 N–H and O–H groups in total. The van der Waals surface area contributed by atoms with Crippen molar-refractivity contribution in [1.82, 2.24) is 26.6 Å². The summed E-state index contributed by atoms with van der Waals surface area (Å²) < 4.78 is 113. The van der Waals surface area contributed by atoms with Gasteiger partial charge in [0.25, 0.3) is 5.79 Å². The minimum absolute atomic E-state index is 0.817. The van der Waals surface area contributed by atoms with E-state index in [0.29, 0.717) is 0 Å². The van der Waals surface area contributed by atoms with Gasteiger partial charge >= 0.3 is 5.97 Å². The zero-order chi connectivity index (χ0) is 97.6. The monoisotopic (exact) mass is 1930 g/mol. The lowest BCUT2D eigenvalue weighted by Gasteiger charge is -2.51. The smallest absolute Gasteiger partial charge is 0.364 e. The van der Waals surface area contributed by atoms with Crippen LogP contribution in [0.3, 0.4) is 0 Å². The second kappa shape index (κ2) is 47.3. The van der Waals surface area contributed by atoms with Crippen molar-refractivity contribution in [3.63, 3.8) is 0 Å². The first-order valence-corrected chi connectivity index (χ1v) is 41.8. The van der Waals surface area contributed by atoms with E-state index < -0.39 is 420 Å². The van der Waals surface area contributed by atoms with Gasteiger partial charge in [-0.15, -0.1) is 0 Å². The van der Waals surface area contributed by atoms with Crippen molar-refractivity contribution in [3.05, 3.63) is 0 Å². The van der Waals surface area contributed by atoms with Gasteiger partial charge in [0.1, 0.15) is 238 Å². The molecular formula is C73H121N5O54. The first-order valence-electron chi connectivity index (χ1n) is 41.8. The summed E-state index contributed by atoms with van der Waals surface area (Å²) in [5.74, 6) is -10.2. The molecule has 59 heteroatoms. The molecule has 5 amide bonds. The number of hydrogen-bond acceptors (Lipinski definition) is 53. The molecule has 10 aliphatic heterocycles. The third kappa shape index (κ3) is 24.0. The number of hydrogen-bond donors (Lipinski definition) is 34. The Morgan fingerprint density at radius 1 is 0.311 bits per heavy atom. The molecule has 0 aromatic rings. The van der Waals surface area contributed by atoms with E-state index in [2.05, 4.69) is 26.6 Å². The van der Waals surface area contributed by atoms with E-state index in [4.69, 9.17) is 90.0 Å². The lowest BCUT2D eigenvalue weighted by Crippen LogP contribution is -2.71. The van der Waals surface area contributed by atoms with Crippen LogP contribution in [0, 0.1) is 0 Å². The number of amides is 5. The van der Waals surface area contributed by atoms with Gasteiger partial charge in [-0.1, -0.05) is 0 Å². The van der Waals surface area contributed by atoms with Crippen LogP contribution in [0.15, 0.2) is 0 Å². The third-order valence-corrected chi connectivity index (χ3v) is 23.8. The standard InChI is InChI=1S/C73H121N5O54/c1-17(88)74-33-22(93)6-73(72(112)113,131-58(33)38(95)23(94)7-79)132-60-42(99)27(11-83)117-69(53(60)110)127-57-31(15-87)122-66(37(47(57)104)78-21(5)92)130-62-50(107)41(98)26(10-82)119-71(62)128-59-43(100)32(123-68(52(59)109)126-56-30(14-86)120-64(35(45(56)102)76-19(3)90)124-54-28(12-84)115-63(111)34(44(54)101)75-18(2)89)16-114-70-61(49(106)40(97)25(9-81)118-70)129-65-36(77-20(4)91)46(103)55(29(13-85)121-65)125-67-51(108)48(105)39(96)24(8-80)116-67/h22-71,79-87,93-111H,6-16H2,1-5H3,(H,74,88)(H,75,89)(H,76,90)(H,77,91)(H,78,92)(H,112,113)/t22-,23+,24+,25+,26+,27+,28+,29+,30+,31+,32+,33+,34+,35+,36+,37+,38+,39-,40+,41+,42-,43+,44+,45+,46+,47+,48-,49-,50-,51+,52-,53+,54+,55+,56+,57+,58+,59-,60-,61-,62-,63?,64-,65-,66-,67-,68-,69-,70-,71+,73-/m0/s1. The molecule has 10 heterocycles. The molecule has 10 saturated heterocycles. The van der Waals surface area contributed by atoms with Crippen LogP contribution in [0.1, 0.15) is 41.0 Å². The Bertz CT molecular complexity index is 3680. The van der Waals surface area contributed by atoms with Gasteiger partial charge in [-0.3, -0.25) is 24.0 Å². The second-order valence-corrected chi connectivity index (χ2v) is 33.1. The molecule has 51 atom stereocenters. The summed E-state index contributed by atoms with van der Waals surface area (Å²) in [4.78, 5) is 77.1. The Balaban J connectivity index is 0.974. The Morgan fingerprint density at radius 2 is 0.614 bits per heavy atom. The number of carboxylic acids is 1. The number of ether oxygens (including phenoxy) is 19. The number of carbonyl (C=O) groups is 6. The number of aliphatic carboxylic acids is 1. The van der Waals surface area contributed by atoms with E-state index in [1.54, 1.807) is 0 Å². The van der Waals surface area contributed by atoms with Crippen LogP contribution >= 0.6 is 0 Å². The molecule has 0 bridgehead atoms. The van der Waals surface area contributed by atoms with Crippen LogP contribution < -0.4 is 26.6 Å². The van der Waals surface area contributed by atoms with E-state index in [9.17, 15) is 177 Å². The SMILES string of the molecule is CC(=O)N[C@H]1[C@H](O[C@H]2[C@H](O)[C@@H](NC(C)=O)C(O)O[C@@H]2CO)O[C@H](CO)[C@@H](O[C@@H]2O[C@H](CO[C@H]3O[C@H](CO)[C@@H](O)[C@H](O)[C@@H]3O[C@@H]3O[C@H](CO)[C@@H](O[C@@H]4O[C@H](CO)[C@H](O)[C@H](O)[C@H]4O)[C@H](O)[C@H]3NC(C)=O)[C@@H](O)[C@H](O[C@H]3O[C@H](CO)[C@@H](O)[C@H](O)[C@@H]3O[C@@H]3O[C@H](CO)[C@@H](O[C@@H]4O[C@H](CO)[C@H](O)[C@H](O[C@]5(C(=O)O)C[C@H](O)[C@@H](NC(C)=O)[C@H]([C@H](O)[C@H](O)CO)O5)[C@H]4O)[C@H](O)[C@H]3NC(C)=O)[C@@H]2O)[C@@H]1O. The minimum atomic E-state index is -3.33. The third-order valence-electron chi connectivity index (χ3n) is 23.8. The molecule has 59 nitrogen and oxygen atoms in total. The van der Waals surface area contributed by atoms with Gasteiger partial charge in [-0.25, -0.2) is 4.79 Å². The summed E-state index contributed by atoms with van der Waals surface area (Å²) in [7, 11) is 0. The Hall–Kier alpha value is -5.06. The zero-order valence-corrected chi connectivity index (χ0v) is 70.8. The van der Waals surface area contributed by atoms with Crippen LogP contribution in [0.2, 0.25) is 0 Å². The minimum Gasteiger partial charge on any atom is -0.477 e. The summed E-state index contributed by atoms with van der Waals surface area (Å²) in [6.45, 7) is -7.28. The molecule has 1 unspecified atom stereocenters. The molecule has 0 aromatic heterocycles. The van der Waals surface area contributed by atoms with Gasteiger partial charge in [0.05, 0.1) is 78.2 Å². The van der Waals surface area contributed by atoms with Crippen molar-refractivity contribution in [3.8, 4) is 0 Å². The zero-order valence-electron chi connectivity index (χ0n) is 70.8. The fourth-order valence-corrected chi connectivity index (χ4v) is 17.0. The second-order valence-electron chi connectivity index (χ2n) is 33.1. The highest BCUT2D eigenvalue weighted by Gasteiger charge is 2.64. The number of nitrogens with one attached hydrogen (secondary N) is 5. The number of aliphatic hydroxyl groups excluding tert-OH is 28. The summed E-state index contributed by atoms with van der Waals surface area (Å²) in [6, 6.07) is -9.55. The van der Waals surface area contributed by atoms with E-state index in [1.165, 1.54) is 0 Å². The maximum absolute atomic E-state index is 13.3. The van der Waals surface area contributed by atoms with Gasteiger partial charge in [0.15, 0.2) is 56.6 Å². The average molecular weight is 1930 g/mol. The summed E-state index contributed by atoms with van der Waals surface area (Å²) in [5, 5.41) is 337. The van der Waals surface area contributed by atoms with Crippen LogP contribution in [0.25, 0.3) is 0 Å². The van der Waals surface area contributed by atoms with Gasteiger partial charge < -0.3 is 265 Å². The van der Waals surface area contributed by atoms with Gasteiger partial charge in [0, 0.05) is 41.0 Å². The number of rotatable bonds is 36. The van der Waals surface area contributed by atoms with Crippen LogP contribution in [-0.2, 0) is 119 Å². The summed E-state index contributed by atoms with van der Waals surface area (Å²) in [5.41, 5.74) is 0. The van der Waals surface area contributed by atoms with E-state index in [0.717, 1.165) is 34.6 Å². The average Bonchev–Trinajstić information content (AvgIpc) is 0.745. The Kier molecular flexibility index (Phi) is 39.0. The lowest BCUT2D eigenvalue weighted by atomic mass is 9.88. The van der Waals surface area contributed by atoms with Crippen molar-refractivity contribution in [2.24, 2.45) is 0 Å². The predicted molar refractivity (Wildman–Crippen MR) is 405 cm³/mol. The largest absolute Gasteiger partial charge is 0.477 e. The fraction of sp³-hybridized carbons (Fsp3) is 0.918. The van der Waals surface area contributed by atoms with Gasteiger partial charge in [-0.2, -0.15) is 0 Å². The van der Waals surface area contributed by atoms with Crippen molar-refractivity contribution in [2.75, 3.05) is 66.1 Å². The van der Waals surface area contributed by atoms with Crippen LogP contribution in [0.4, 0.5) is 0 Å². The maximum atomic E-state index is 13.3. The first kappa shape index (κ1) is 109. The molecule has 0 spiro atoms. The van der Waals surface area contributed by atoms with Gasteiger partial charge in [-0.05, 0) is 0 Å². The molecule has 10 fully saturated rings.